The predicted octanol–water partition coefficient (Wildman–Crippen LogP) is 0.301. The fourth-order valence-corrected chi connectivity index (χ4v) is 2.59. The average Bonchev–Trinajstić information content (AvgIpc) is 3.15. The lowest BCUT2D eigenvalue weighted by atomic mass is 10.1. The molecule has 0 bridgehead atoms. The van der Waals surface area contributed by atoms with Crippen LogP contribution in [-0.2, 0) is 13.1 Å². The van der Waals surface area contributed by atoms with Gasteiger partial charge in [-0.05, 0) is 13.0 Å². The highest BCUT2D eigenvalue weighted by Crippen LogP contribution is 2.26. The van der Waals surface area contributed by atoms with Gasteiger partial charge in [-0.3, -0.25) is 14.7 Å². The van der Waals surface area contributed by atoms with Crippen LogP contribution in [0.25, 0.3) is 0 Å². The number of nitrogens with two attached hydrogens (primary N) is 1. The molecule has 0 fully saturated rings. The van der Waals surface area contributed by atoms with Crippen molar-refractivity contribution in [3.63, 3.8) is 0 Å². The van der Waals surface area contributed by atoms with Crippen LogP contribution in [-0.4, -0.2) is 45.6 Å². The first kappa shape index (κ1) is 15.8. The van der Waals surface area contributed by atoms with Crippen molar-refractivity contribution in [2.45, 2.75) is 20.0 Å². The molecule has 3 heterocycles. The third-order valence-corrected chi connectivity index (χ3v) is 3.86. The first-order valence-corrected chi connectivity index (χ1v) is 7.48. The van der Waals surface area contributed by atoms with Crippen LogP contribution >= 0.6 is 0 Å². The molecular formula is C15H18N6O3. The zero-order valence-corrected chi connectivity index (χ0v) is 13.4. The molecule has 0 aromatic carbocycles. The second-order valence-corrected chi connectivity index (χ2v) is 5.36. The minimum atomic E-state index is -0.358. The number of carbonyl (C=O) groups excluding carboxylic acids is 2. The molecule has 126 valence electrons. The number of nitrogens with one attached hydrogen (secondary N) is 2. The number of hydrogen-bond acceptors (Lipinski definition) is 6. The number of nitrogens with zero attached hydrogens (tertiary/aromatic N) is 3. The summed E-state index contributed by atoms with van der Waals surface area (Å²) in [6.07, 6.45) is 0. The van der Waals surface area contributed by atoms with Crippen molar-refractivity contribution in [1.82, 2.24) is 25.4 Å². The Labute approximate surface area is 138 Å². The second-order valence-electron chi connectivity index (χ2n) is 5.36. The number of fused-ring (bicyclic) bond motifs is 1. The lowest BCUT2D eigenvalue weighted by Crippen LogP contribution is -2.24. The van der Waals surface area contributed by atoms with Gasteiger partial charge in [0.25, 0.3) is 11.8 Å². The smallest absolute Gasteiger partial charge is 0.269 e. The highest BCUT2D eigenvalue weighted by atomic mass is 16.5. The van der Waals surface area contributed by atoms with Crippen LogP contribution in [0.1, 0.15) is 39.0 Å². The Bertz CT molecular complexity index is 801. The lowest BCUT2D eigenvalue weighted by molar-refractivity contribution is 0.0786. The van der Waals surface area contributed by atoms with Crippen LogP contribution in [0, 0.1) is 0 Å². The fourth-order valence-electron chi connectivity index (χ4n) is 2.59. The predicted molar refractivity (Wildman–Crippen MR) is 85.4 cm³/mol. The summed E-state index contributed by atoms with van der Waals surface area (Å²) in [4.78, 5) is 30.4. The number of hydrogen-bond donors (Lipinski definition) is 3. The Kier molecular flexibility index (Phi) is 4.07. The van der Waals surface area contributed by atoms with Gasteiger partial charge in [0.05, 0.1) is 24.9 Å². The van der Waals surface area contributed by atoms with E-state index >= 15 is 0 Å². The van der Waals surface area contributed by atoms with E-state index in [0.717, 1.165) is 0 Å². The van der Waals surface area contributed by atoms with E-state index in [1.807, 2.05) is 6.92 Å². The van der Waals surface area contributed by atoms with Crippen molar-refractivity contribution < 1.29 is 14.3 Å². The second kappa shape index (κ2) is 6.19. The summed E-state index contributed by atoms with van der Waals surface area (Å²) >= 11 is 0. The van der Waals surface area contributed by atoms with Crippen molar-refractivity contribution in [1.29, 1.82) is 0 Å². The number of methoxy groups -OCH3 is 1. The van der Waals surface area contributed by atoms with E-state index in [1.54, 1.807) is 11.0 Å². The molecule has 0 unspecified atom stereocenters. The molecule has 1 aliphatic heterocycles. The Morgan fingerprint density at radius 2 is 2.29 bits per heavy atom. The number of aromatic amines is 1. The number of H-pyrrole nitrogens is 1. The van der Waals surface area contributed by atoms with E-state index in [4.69, 9.17) is 10.5 Å². The first-order valence-electron chi connectivity index (χ1n) is 7.48. The van der Waals surface area contributed by atoms with Crippen molar-refractivity contribution in [2.24, 2.45) is 0 Å². The Balaban J connectivity index is 1.80. The maximum atomic E-state index is 12.3. The summed E-state index contributed by atoms with van der Waals surface area (Å²) in [6, 6.07) is 3.16. The number of carbonyl (C=O) groups is 2. The molecule has 2 amide bonds. The van der Waals surface area contributed by atoms with Crippen LogP contribution < -0.4 is 15.8 Å². The van der Waals surface area contributed by atoms with E-state index in [9.17, 15) is 9.59 Å². The molecule has 4 N–H and O–H groups in total. The molecule has 3 rings (SSSR count). The summed E-state index contributed by atoms with van der Waals surface area (Å²) < 4.78 is 5.28. The van der Waals surface area contributed by atoms with Crippen LogP contribution in [0.15, 0.2) is 12.1 Å². The van der Waals surface area contributed by atoms with Crippen LogP contribution in [0.4, 0.5) is 5.82 Å². The van der Waals surface area contributed by atoms with E-state index < -0.39 is 0 Å². The van der Waals surface area contributed by atoms with Gasteiger partial charge in [0.15, 0.2) is 0 Å². The lowest BCUT2D eigenvalue weighted by Gasteiger charge is -2.10. The minimum Gasteiger partial charge on any atom is -0.481 e. The zero-order valence-electron chi connectivity index (χ0n) is 13.4. The maximum absolute atomic E-state index is 12.3. The SMILES string of the molecule is CCN1Cc2nc(OC)c(CNC(=O)c3cc(N)n[nH]3)cc2C1=O. The van der Waals surface area contributed by atoms with Gasteiger partial charge in [-0.1, -0.05) is 0 Å². The van der Waals surface area contributed by atoms with E-state index in [0.29, 0.717) is 35.8 Å². The van der Waals surface area contributed by atoms with Gasteiger partial charge < -0.3 is 20.7 Å². The van der Waals surface area contributed by atoms with E-state index in [-0.39, 0.29) is 29.9 Å². The van der Waals surface area contributed by atoms with Crippen molar-refractivity contribution >= 4 is 17.6 Å². The summed E-state index contributed by atoms with van der Waals surface area (Å²) in [5.74, 6) is 0.214. The molecule has 9 heteroatoms. The Morgan fingerprint density at radius 3 is 2.92 bits per heavy atom. The highest BCUT2D eigenvalue weighted by Gasteiger charge is 2.29. The molecule has 0 spiro atoms. The van der Waals surface area contributed by atoms with Gasteiger partial charge in [-0.2, -0.15) is 5.10 Å². The molecule has 0 aliphatic carbocycles. The first-order chi connectivity index (χ1) is 11.5. The quantitative estimate of drug-likeness (QED) is 0.724. The number of nitrogen functional groups attached to an aromatic ring is 1. The monoisotopic (exact) mass is 330 g/mol. The molecule has 24 heavy (non-hydrogen) atoms. The van der Waals surface area contributed by atoms with Gasteiger partial charge in [0.2, 0.25) is 5.88 Å². The molecule has 0 saturated heterocycles. The largest absolute Gasteiger partial charge is 0.481 e. The molecule has 2 aromatic heterocycles. The van der Waals surface area contributed by atoms with Crippen molar-refractivity contribution in [2.75, 3.05) is 19.4 Å². The van der Waals surface area contributed by atoms with Crippen LogP contribution in [0.5, 0.6) is 5.88 Å². The number of rotatable bonds is 5. The molecule has 2 aromatic rings. The Hall–Kier alpha value is -3.10. The van der Waals surface area contributed by atoms with Gasteiger partial charge in [-0.25, -0.2) is 4.98 Å². The maximum Gasteiger partial charge on any atom is 0.269 e. The third-order valence-electron chi connectivity index (χ3n) is 3.86. The van der Waals surface area contributed by atoms with Crippen molar-refractivity contribution in [3.8, 4) is 5.88 Å². The Morgan fingerprint density at radius 1 is 1.50 bits per heavy atom. The number of anilines is 1. The van der Waals surface area contributed by atoms with Crippen molar-refractivity contribution in [3.05, 3.63) is 34.6 Å². The number of aromatic nitrogens is 3. The fraction of sp³-hybridized carbons (Fsp3) is 0.333. The molecular weight excluding hydrogens is 312 g/mol. The van der Waals surface area contributed by atoms with Gasteiger partial charge in [-0.15, -0.1) is 0 Å². The number of ether oxygens (including phenoxy) is 1. The van der Waals surface area contributed by atoms with Crippen LogP contribution in [0.3, 0.4) is 0 Å². The molecule has 0 saturated carbocycles. The summed E-state index contributed by atoms with van der Waals surface area (Å²) in [7, 11) is 1.50. The number of amides is 2. The molecule has 1 aliphatic rings. The van der Waals surface area contributed by atoms with E-state index in [2.05, 4.69) is 20.5 Å². The summed E-state index contributed by atoms with van der Waals surface area (Å²) in [5.41, 5.74) is 7.60. The molecule has 0 atom stereocenters. The normalized spacial score (nSPS) is 13.1. The minimum absolute atomic E-state index is 0.0587. The summed E-state index contributed by atoms with van der Waals surface area (Å²) in [5, 5.41) is 8.97. The molecule has 0 radical (unpaired) electrons. The molecule has 9 nitrogen and oxygen atoms in total. The van der Waals surface area contributed by atoms with E-state index in [1.165, 1.54) is 13.2 Å². The van der Waals surface area contributed by atoms with Crippen LogP contribution in [0.2, 0.25) is 0 Å². The topological polar surface area (TPSA) is 126 Å². The zero-order chi connectivity index (χ0) is 17.3. The highest BCUT2D eigenvalue weighted by molar-refractivity contribution is 5.98. The van der Waals surface area contributed by atoms with Gasteiger partial charge in [0.1, 0.15) is 11.5 Å². The third kappa shape index (κ3) is 2.75. The van der Waals surface area contributed by atoms with Gasteiger partial charge >= 0.3 is 0 Å². The van der Waals surface area contributed by atoms with Gasteiger partial charge in [0, 0.05) is 24.7 Å². The number of pyridine rings is 1. The average molecular weight is 330 g/mol. The standard InChI is InChI=1S/C15H18N6O3/c1-3-21-7-11-9(15(21)23)4-8(14(18-11)24-2)6-17-13(22)10-5-12(16)20-19-10/h4-5H,3,6-7H2,1-2H3,(H,17,22)(H3,16,19,20). The summed E-state index contributed by atoms with van der Waals surface area (Å²) in [6.45, 7) is 3.17.